The minimum Gasteiger partial charge on any atom is -0.507 e. The molecule has 3 rings (SSSR count). The van der Waals surface area contributed by atoms with Gasteiger partial charge in [0.25, 0.3) is 0 Å². The molecule has 19 heavy (non-hydrogen) atoms. The van der Waals surface area contributed by atoms with Crippen molar-refractivity contribution in [2.45, 2.75) is 0 Å². The van der Waals surface area contributed by atoms with Gasteiger partial charge in [0.05, 0.1) is 6.20 Å². The summed E-state index contributed by atoms with van der Waals surface area (Å²) >= 11 is 0. The molecule has 0 amide bonds. The number of phenols is 1. The molecule has 94 valence electrons. The Labute approximate surface area is 107 Å². The van der Waals surface area contributed by atoms with Crippen LogP contribution in [0.15, 0.2) is 42.7 Å². The van der Waals surface area contributed by atoms with Gasteiger partial charge in [-0.3, -0.25) is 9.20 Å². The molecule has 4 nitrogen and oxygen atoms in total. The summed E-state index contributed by atoms with van der Waals surface area (Å²) in [7, 11) is 0. The lowest BCUT2D eigenvalue weighted by Crippen LogP contribution is -1.92. The molecule has 0 aliphatic rings. The number of halogens is 1. The number of aromatic nitrogens is 2. The van der Waals surface area contributed by atoms with Gasteiger partial charge in [-0.25, -0.2) is 9.37 Å². The number of nitrogens with zero attached hydrogens (tertiary/aromatic N) is 2. The summed E-state index contributed by atoms with van der Waals surface area (Å²) in [5.41, 5.74) is 2.21. The predicted octanol–water partition coefficient (Wildman–Crippen LogP) is 2.66. The second-order valence-electron chi connectivity index (χ2n) is 4.11. The van der Waals surface area contributed by atoms with E-state index in [1.807, 2.05) is 0 Å². The third-order valence-electron chi connectivity index (χ3n) is 2.93. The zero-order valence-corrected chi connectivity index (χ0v) is 9.75. The average molecular weight is 256 g/mol. The van der Waals surface area contributed by atoms with Crippen molar-refractivity contribution in [3.8, 4) is 16.9 Å². The van der Waals surface area contributed by atoms with Gasteiger partial charge in [-0.05, 0) is 24.3 Å². The number of hydrogen-bond donors (Lipinski definition) is 1. The number of hydrogen-bond acceptors (Lipinski definition) is 3. The van der Waals surface area contributed by atoms with Gasteiger partial charge >= 0.3 is 0 Å². The molecule has 0 saturated carbocycles. The first-order valence-corrected chi connectivity index (χ1v) is 5.60. The third-order valence-corrected chi connectivity index (χ3v) is 2.93. The number of aromatic hydroxyl groups is 1. The lowest BCUT2D eigenvalue weighted by molar-refractivity contribution is 0.111. The van der Waals surface area contributed by atoms with Crippen LogP contribution in [0.3, 0.4) is 0 Å². The van der Waals surface area contributed by atoms with E-state index >= 15 is 0 Å². The van der Waals surface area contributed by atoms with E-state index in [0.29, 0.717) is 28.8 Å². The number of phenolic OH excluding ortho intramolecular Hbond substituents is 1. The van der Waals surface area contributed by atoms with Crippen molar-refractivity contribution in [3.05, 3.63) is 54.2 Å². The van der Waals surface area contributed by atoms with Crippen molar-refractivity contribution in [2.75, 3.05) is 0 Å². The molecule has 1 N–H and O–H groups in total. The van der Waals surface area contributed by atoms with E-state index in [0.717, 1.165) is 6.07 Å². The second-order valence-corrected chi connectivity index (χ2v) is 4.11. The normalized spacial score (nSPS) is 10.8. The zero-order valence-electron chi connectivity index (χ0n) is 9.75. The van der Waals surface area contributed by atoms with Crippen LogP contribution in [0.5, 0.6) is 5.75 Å². The van der Waals surface area contributed by atoms with Gasteiger partial charge in [-0.2, -0.15) is 0 Å². The molecule has 0 aliphatic carbocycles. The first-order valence-electron chi connectivity index (χ1n) is 5.60. The van der Waals surface area contributed by atoms with Crippen LogP contribution >= 0.6 is 0 Å². The number of aldehydes is 1. The van der Waals surface area contributed by atoms with Gasteiger partial charge in [0, 0.05) is 23.4 Å². The van der Waals surface area contributed by atoms with Crippen molar-refractivity contribution in [2.24, 2.45) is 0 Å². The van der Waals surface area contributed by atoms with Crippen LogP contribution in [0.1, 0.15) is 10.5 Å². The summed E-state index contributed by atoms with van der Waals surface area (Å²) in [6.45, 7) is 0. The fraction of sp³-hybridized carbons (Fsp3) is 0. The fourth-order valence-electron chi connectivity index (χ4n) is 1.99. The molecule has 2 aromatic heterocycles. The zero-order chi connectivity index (χ0) is 13.4. The van der Waals surface area contributed by atoms with E-state index in [4.69, 9.17) is 0 Å². The summed E-state index contributed by atoms with van der Waals surface area (Å²) in [5, 5.41) is 9.76. The van der Waals surface area contributed by atoms with Gasteiger partial charge in [0.1, 0.15) is 22.9 Å². The molecule has 5 heteroatoms. The Morgan fingerprint density at radius 2 is 2.11 bits per heavy atom. The van der Waals surface area contributed by atoms with Crippen molar-refractivity contribution < 1.29 is 14.3 Å². The number of rotatable bonds is 2. The Balaban J connectivity index is 2.22. The third kappa shape index (κ3) is 1.85. The van der Waals surface area contributed by atoms with E-state index in [9.17, 15) is 14.3 Å². The van der Waals surface area contributed by atoms with Crippen LogP contribution in [-0.2, 0) is 0 Å². The molecular formula is C14H9FN2O2. The summed E-state index contributed by atoms with van der Waals surface area (Å²) in [6, 6.07) is 7.29. The molecule has 3 aromatic rings. The summed E-state index contributed by atoms with van der Waals surface area (Å²) in [6.07, 6.45) is 3.85. The van der Waals surface area contributed by atoms with E-state index < -0.39 is 5.82 Å². The SMILES string of the molecule is O=Cc1cnc2ccc(-c3ccc(F)cc3O)cn12. The van der Waals surface area contributed by atoms with Crippen molar-refractivity contribution >= 4 is 11.9 Å². The summed E-state index contributed by atoms with van der Waals surface area (Å²) in [4.78, 5) is 15.0. The number of pyridine rings is 1. The molecule has 0 unspecified atom stereocenters. The molecule has 0 atom stereocenters. The number of fused-ring (bicyclic) bond motifs is 1. The number of carbonyl (C=O) groups is 1. The smallest absolute Gasteiger partial charge is 0.168 e. The lowest BCUT2D eigenvalue weighted by atomic mass is 10.1. The topological polar surface area (TPSA) is 54.6 Å². The standard InChI is InChI=1S/C14H9FN2O2/c15-10-2-3-12(13(19)5-10)9-1-4-14-16-6-11(8-18)17(14)7-9/h1-8,19H. The molecule has 0 spiro atoms. The number of benzene rings is 1. The number of imidazole rings is 1. The summed E-state index contributed by atoms with van der Waals surface area (Å²) in [5.74, 6) is -0.648. The minimum atomic E-state index is -0.501. The monoisotopic (exact) mass is 256 g/mol. The quantitative estimate of drug-likeness (QED) is 0.717. The van der Waals surface area contributed by atoms with Gasteiger partial charge in [0.15, 0.2) is 6.29 Å². The molecule has 0 aliphatic heterocycles. The maximum absolute atomic E-state index is 13.0. The lowest BCUT2D eigenvalue weighted by Gasteiger charge is -2.06. The highest BCUT2D eigenvalue weighted by Crippen LogP contribution is 2.29. The molecule has 1 aromatic carbocycles. The van der Waals surface area contributed by atoms with E-state index in [-0.39, 0.29) is 5.75 Å². The molecule has 0 bridgehead atoms. The van der Waals surface area contributed by atoms with Gasteiger partial charge < -0.3 is 5.11 Å². The predicted molar refractivity (Wildman–Crippen MR) is 67.6 cm³/mol. The highest BCUT2D eigenvalue weighted by Gasteiger charge is 2.08. The Morgan fingerprint density at radius 1 is 1.26 bits per heavy atom. The first-order chi connectivity index (χ1) is 9.19. The second kappa shape index (κ2) is 4.20. The first kappa shape index (κ1) is 11.4. The van der Waals surface area contributed by atoms with Crippen LogP contribution < -0.4 is 0 Å². The van der Waals surface area contributed by atoms with E-state index in [1.54, 1.807) is 22.7 Å². The van der Waals surface area contributed by atoms with Gasteiger partial charge in [-0.1, -0.05) is 0 Å². The summed E-state index contributed by atoms with van der Waals surface area (Å²) < 4.78 is 14.6. The van der Waals surface area contributed by atoms with E-state index in [1.165, 1.54) is 18.3 Å². The molecule has 0 radical (unpaired) electrons. The van der Waals surface area contributed by atoms with E-state index in [2.05, 4.69) is 4.98 Å². The average Bonchev–Trinajstić information content (AvgIpc) is 2.80. The highest BCUT2D eigenvalue weighted by atomic mass is 19.1. The maximum Gasteiger partial charge on any atom is 0.168 e. The van der Waals surface area contributed by atoms with Crippen LogP contribution in [0.25, 0.3) is 16.8 Å². The van der Waals surface area contributed by atoms with Crippen molar-refractivity contribution in [3.63, 3.8) is 0 Å². The maximum atomic E-state index is 13.0. The van der Waals surface area contributed by atoms with Gasteiger partial charge in [0.2, 0.25) is 0 Å². The Bertz CT molecular complexity index is 780. The Hall–Kier alpha value is -2.69. The Kier molecular flexibility index (Phi) is 2.52. The minimum absolute atomic E-state index is 0.146. The number of carbonyl (C=O) groups excluding carboxylic acids is 1. The van der Waals surface area contributed by atoms with Crippen LogP contribution in [-0.4, -0.2) is 20.8 Å². The van der Waals surface area contributed by atoms with Crippen molar-refractivity contribution in [1.82, 2.24) is 9.38 Å². The van der Waals surface area contributed by atoms with Crippen LogP contribution in [0.4, 0.5) is 4.39 Å². The largest absolute Gasteiger partial charge is 0.507 e. The fourth-order valence-corrected chi connectivity index (χ4v) is 1.99. The highest BCUT2D eigenvalue weighted by molar-refractivity contribution is 5.76. The molecular weight excluding hydrogens is 247 g/mol. The van der Waals surface area contributed by atoms with Crippen LogP contribution in [0, 0.1) is 5.82 Å². The van der Waals surface area contributed by atoms with Gasteiger partial charge in [-0.15, -0.1) is 0 Å². The molecule has 2 heterocycles. The molecule has 0 fully saturated rings. The molecule has 0 saturated heterocycles. The Morgan fingerprint density at radius 3 is 2.84 bits per heavy atom. The van der Waals surface area contributed by atoms with Crippen molar-refractivity contribution in [1.29, 1.82) is 0 Å². The van der Waals surface area contributed by atoms with Crippen LogP contribution in [0.2, 0.25) is 0 Å².